The molecule has 0 bridgehead atoms. The van der Waals surface area contributed by atoms with Crippen LogP contribution in [0.1, 0.15) is 11.1 Å². The number of carboxylic acids is 1. The van der Waals surface area contributed by atoms with Gasteiger partial charge in [0.25, 0.3) is 0 Å². The van der Waals surface area contributed by atoms with Gasteiger partial charge in [-0.05, 0) is 31.1 Å². The number of fused-ring (bicyclic) bond motifs is 1. The number of hydrogen-bond donors (Lipinski definition) is 1. The Labute approximate surface area is 147 Å². The summed E-state index contributed by atoms with van der Waals surface area (Å²) in [6.07, 6.45) is 2.87. The molecule has 0 atom stereocenters. The molecule has 3 rings (SSSR count). The van der Waals surface area contributed by atoms with Gasteiger partial charge in [-0.15, -0.1) is 0 Å². The third-order valence-electron chi connectivity index (χ3n) is 3.81. The molecule has 1 N–H and O–H groups in total. The van der Waals surface area contributed by atoms with Crippen molar-refractivity contribution in [2.75, 3.05) is 32.9 Å². The summed E-state index contributed by atoms with van der Waals surface area (Å²) in [4.78, 5) is 12.8. The van der Waals surface area contributed by atoms with Crippen LogP contribution in [-0.2, 0) is 16.0 Å². The third-order valence-corrected chi connectivity index (χ3v) is 3.81. The molecular weight excluding hydrogens is 293 g/mol. The Morgan fingerprint density at radius 1 is 1.35 bits per heavy atom. The van der Waals surface area contributed by atoms with Gasteiger partial charge in [0, 0.05) is 18.7 Å². The molecule has 0 unspecified atom stereocenters. The van der Waals surface area contributed by atoms with Gasteiger partial charge in [-0.1, -0.05) is 6.07 Å². The van der Waals surface area contributed by atoms with E-state index in [0.29, 0.717) is 19.0 Å². The topological polar surface area (TPSA) is 68.2 Å². The van der Waals surface area contributed by atoms with Crippen LogP contribution in [0.3, 0.4) is 0 Å². The molecule has 0 radical (unpaired) electrons. The second-order valence-electron chi connectivity index (χ2n) is 5.31. The molecule has 2 heterocycles. The van der Waals surface area contributed by atoms with E-state index in [-0.39, 0.29) is 25.5 Å². The summed E-state index contributed by atoms with van der Waals surface area (Å²) in [5.41, 5.74) is 1.91. The normalized spacial score (nSPS) is 16.6. The van der Waals surface area contributed by atoms with Crippen molar-refractivity contribution in [3.63, 3.8) is 0 Å². The van der Waals surface area contributed by atoms with Gasteiger partial charge >= 0.3 is 24.8 Å². The maximum atomic E-state index is 10.6. The SMILES string of the molecule is Cc1c(OCC(=O)O)ccc2c1OC(N1CCOCC1)=CC2.[LiH]. The minimum atomic E-state index is -0.994. The summed E-state index contributed by atoms with van der Waals surface area (Å²) >= 11 is 0. The molecule has 0 amide bonds. The molecule has 120 valence electrons. The molecule has 1 saturated heterocycles. The van der Waals surface area contributed by atoms with Crippen molar-refractivity contribution in [3.05, 3.63) is 35.2 Å². The van der Waals surface area contributed by atoms with Crippen LogP contribution in [-0.4, -0.2) is 67.7 Å². The maximum absolute atomic E-state index is 10.6. The Bertz CT molecular complexity index is 611. The van der Waals surface area contributed by atoms with Crippen LogP contribution in [0.5, 0.6) is 11.5 Å². The van der Waals surface area contributed by atoms with E-state index in [2.05, 4.69) is 11.0 Å². The van der Waals surface area contributed by atoms with Crippen molar-refractivity contribution < 1.29 is 24.1 Å². The van der Waals surface area contributed by atoms with E-state index in [0.717, 1.165) is 42.3 Å². The second-order valence-corrected chi connectivity index (χ2v) is 5.31. The summed E-state index contributed by atoms with van der Waals surface area (Å²) < 4.78 is 16.7. The van der Waals surface area contributed by atoms with Crippen LogP contribution >= 0.6 is 0 Å². The first kappa shape index (κ1) is 17.7. The monoisotopic (exact) mass is 313 g/mol. The average Bonchev–Trinajstić information content (AvgIpc) is 2.55. The molecule has 0 spiro atoms. The van der Waals surface area contributed by atoms with Crippen molar-refractivity contribution in [2.45, 2.75) is 13.3 Å². The summed E-state index contributed by atoms with van der Waals surface area (Å²) in [6, 6.07) is 3.72. The molecule has 1 aromatic carbocycles. The van der Waals surface area contributed by atoms with Gasteiger partial charge in [0.2, 0.25) is 0 Å². The number of carboxylic acid groups (broad SMARTS) is 1. The van der Waals surface area contributed by atoms with Crippen LogP contribution in [0.25, 0.3) is 0 Å². The minimum absolute atomic E-state index is 0. The number of nitrogens with zero attached hydrogens (tertiary/aromatic N) is 1. The zero-order valence-corrected chi connectivity index (χ0v) is 12.5. The van der Waals surface area contributed by atoms with E-state index in [1.807, 2.05) is 13.0 Å². The van der Waals surface area contributed by atoms with E-state index in [4.69, 9.17) is 19.3 Å². The van der Waals surface area contributed by atoms with Crippen LogP contribution in [0.4, 0.5) is 0 Å². The molecule has 2 aliphatic rings. The van der Waals surface area contributed by atoms with Crippen LogP contribution in [0.15, 0.2) is 24.1 Å². The van der Waals surface area contributed by atoms with Crippen LogP contribution in [0, 0.1) is 6.92 Å². The average molecular weight is 313 g/mol. The van der Waals surface area contributed by atoms with E-state index in [9.17, 15) is 4.79 Å². The van der Waals surface area contributed by atoms with E-state index in [1.165, 1.54) is 0 Å². The van der Waals surface area contributed by atoms with E-state index in [1.54, 1.807) is 6.07 Å². The molecule has 6 nitrogen and oxygen atoms in total. The Morgan fingerprint density at radius 2 is 2.09 bits per heavy atom. The Hall–Kier alpha value is -1.61. The summed E-state index contributed by atoms with van der Waals surface area (Å²) in [5, 5.41) is 8.73. The van der Waals surface area contributed by atoms with E-state index < -0.39 is 5.97 Å². The predicted molar refractivity (Wildman–Crippen MR) is 86.3 cm³/mol. The predicted octanol–water partition coefficient (Wildman–Crippen LogP) is 0.918. The molecule has 1 fully saturated rings. The summed E-state index contributed by atoms with van der Waals surface area (Å²) in [6.45, 7) is 4.57. The van der Waals surface area contributed by atoms with Gasteiger partial charge in [-0.2, -0.15) is 0 Å². The van der Waals surface area contributed by atoms with Crippen molar-refractivity contribution in [2.24, 2.45) is 0 Å². The van der Waals surface area contributed by atoms with Gasteiger partial charge in [0.1, 0.15) is 11.5 Å². The number of benzene rings is 1. The van der Waals surface area contributed by atoms with Gasteiger partial charge in [0.15, 0.2) is 12.5 Å². The number of carbonyl (C=O) groups is 1. The molecule has 7 heteroatoms. The number of rotatable bonds is 4. The number of ether oxygens (including phenoxy) is 3. The fourth-order valence-corrected chi connectivity index (χ4v) is 2.65. The fraction of sp³-hybridized carbons (Fsp3) is 0.438. The van der Waals surface area contributed by atoms with Crippen molar-refractivity contribution >= 4 is 24.8 Å². The summed E-state index contributed by atoms with van der Waals surface area (Å²) in [5.74, 6) is 1.16. The second kappa shape index (κ2) is 7.78. The number of aliphatic carboxylic acids is 1. The standard InChI is InChI=1S/C16H19NO5.Li.H/c1-11-13(21-10-15(18)19)4-2-12-3-5-14(22-16(11)12)17-6-8-20-9-7-17;;/h2,4-5H,3,6-10H2,1H3,(H,18,19);;. The van der Waals surface area contributed by atoms with Gasteiger partial charge < -0.3 is 24.2 Å². The van der Waals surface area contributed by atoms with Crippen molar-refractivity contribution in [3.8, 4) is 11.5 Å². The van der Waals surface area contributed by atoms with E-state index >= 15 is 0 Å². The zero-order valence-electron chi connectivity index (χ0n) is 12.5. The Morgan fingerprint density at radius 3 is 2.78 bits per heavy atom. The zero-order chi connectivity index (χ0) is 15.5. The molecule has 0 aromatic heterocycles. The number of hydrogen-bond acceptors (Lipinski definition) is 5. The van der Waals surface area contributed by atoms with Gasteiger partial charge in [-0.25, -0.2) is 4.79 Å². The Kier molecular flexibility index (Phi) is 6.00. The fourth-order valence-electron chi connectivity index (χ4n) is 2.65. The number of allylic oxidation sites excluding steroid dienone is 1. The molecule has 0 saturated carbocycles. The quantitative estimate of drug-likeness (QED) is 0.834. The third kappa shape index (κ3) is 4.02. The molecule has 2 aliphatic heterocycles. The first-order valence-electron chi connectivity index (χ1n) is 7.33. The van der Waals surface area contributed by atoms with Crippen molar-refractivity contribution in [1.82, 2.24) is 4.90 Å². The first-order valence-corrected chi connectivity index (χ1v) is 7.33. The van der Waals surface area contributed by atoms with Crippen LogP contribution < -0.4 is 9.47 Å². The van der Waals surface area contributed by atoms with Crippen molar-refractivity contribution in [1.29, 1.82) is 0 Å². The van der Waals surface area contributed by atoms with Gasteiger partial charge in [0.05, 0.1) is 13.2 Å². The first-order chi connectivity index (χ1) is 10.6. The molecule has 0 aliphatic carbocycles. The molecule has 1 aromatic rings. The molecular formula is C16H20LiNO5. The van der Waals surface area contributed by atoms with Crippen LogP contribution in [0.2, 0.25) is 0 Å². The molecule has 23 heavy (non-hydrogen) atoms. The summed E-state index contributed by atoms with van der Waals surface area (Å²) in [7, 11) is 0. The number of morpholine rings is 1. The van der Waals surface area contributed by atoms with Gasteiger partial charge in [-0.3, -0.25) is 0 Å². The Balaban J connectivity index is 0.00000192.